The van der Waals surface area contributed by atoms with Crippen molar-refractivity contribution in [3.63, 3.8) is 0 Å². The van der Waals surface area contributed by atoms with E-state index >= 15 is 0 Å². The van der Waals surface area contributed by atoms with Gasteiger partial charge >= 0.3 is 0 Å². The van der Waals surface area contributed by atoms with Crippen LogP contribution in [0.1, 0.15) is 27.8 Å². The van der Waals surface area contributed by atoms with E-state index in [-0.39, 0.29) is 18.1 Å². The Labute approximate surface area is 131 Å². The molecule has 0 aliphatic heterocycles. The Hall–Kier alpha value is -1.69. The number of aliphatic hydroxyl groups excluding tert-OH is 1. The van der Waals surface area contributed by atoms with Crippen LogP contribution in [0, 0.1) is 6.92 Å². The van der Waals surface area contributed by atoms with Crippen LogP contribution in [0.15, 0.2) is 30.6 Å². The molecule has 0 saturated carbocycles. The van der Waals surface area contributed by atoms with Crippen LogP contribution >= 0.6 is 23.2 Å². The number of nitrogens with one attached hydrogen (secondary N) is 1. The minimum atomic E-state index is -0.929. The van der Waals surface area contributed by atoms with Crippen LogP contribution in [-0.2, 0) is 0 Å². The summed E-state index contributed by atoms with van der Waals surface area (Å²) in [5.41, 5.74) is 1.44. The zero-order valence-electron chi connectivity index (χ0n) is 11.2. The number of benzene rings is 1. The molecule has 0 fully saturated rings. The molecule has 0 saturated heterocycles. The van der Waals surface area contributed by atoms with Gasteiger partial charge in [-0.3, -0.25) is 4.79 Å². The SMILES string of the molecule is Cc1cc(C(=O)NCC(O)c2ccc(Cl)cc2Cl)ncn1. The van der Waals surface area contributed by atoms with E-state index in [1.807, 2.05) is 0 Å². The summed E-state index contributed by atoms with van der Waals surface area (Å²) in [7, 11) is 0. The standard InChI is InChI=1S/C14H13Cl2N3O2/c1-8-4-12(19-7-18-8)14(21)17-6-13(20)10-3-2-9(15)5-11(10)16/h2-5,7,13,20H,6H2,1H3,(H,17,21). The van der Waals surface area contributed by atoms with E-state index in [2.05, 4.69) is 15.3 Å². The highest BCUT2D eigenvalue weighted by Crippen LogP contribution is 2.25. The summed E-state index contributed by atoms with van der Waals surface area (Å²) >= 11 is 11.8. The first-order valence-electron chi connectivity index (χ1n) is 6.17. The molecule has 110 valence electrons. The Bertz CT molecular complexity index is 664. The summed E-state index contributed by atoms with van der Waals surface area (Å²) in [5.74, 6) is -0.385. The fourth-order valence-electron chi connectivity index (χ4n) is 1.74. The number of amides is 1. The highest BCUT2D eigenvalue weighted by atomic mass is 35.5. The van der Waals surface area contributed by atoms with Crippen molar-refractivity contribution in [1.82, 2.24) is 15.3 Å². The van der Waals surface area contributed by atoms with Gasteiger partial charge in [-0.1, -0.05) is 29.3 Å². The number of hydrogen-bond acceptors (Lipinski definition) is 4. The first-order valence-corrected chi connectivity index (χ1v) is 6.93. The lowest BCUT2D eigenvalue weighted by Crippen LogP contribution is -2.29. The number of aliphatic hydroxyl groups is 1. The van der Waals surface area contributed by atoms with Crippen molar-refractivity contribution in [3.8, 4) is 0 Å². The summed E-state index contributed by atoms with van der Waals surface area (Å²) in [6, 6.07) is 6.35. The van der Waals surface area contributed by atoms with E-state index < -0.39 is 6.10 Å². The summed E-state index contributed by atoms with van der Waals surface area (Å²) in [5, 5.41) is 13.5. The Morgan fingerprint density at radius 2 is 2.10 bits per heavy atom. The second-order valence-electron chi connectivity index (χ2n) is 4.44. The average Bonchev–Trinajstić information content (AvgIpc) is 2.44. The molecular weight excluding hydrogens is 313 g/mol. The number of aromatic nitrogens is 2. The fourth-order valence-corrected chi connectivity index (χ4v) is 2.27. The van der Waals surface area contributed by atoms with Gasteiger partial charge in [-0.2, -0.15) is 0 Å². The number of rotatable bonds is 4. The first-order chi connectivity index (χ1) is 9.97. The molecule has 2 N–H and O–H groups in total. The lowest BCUT2D eigenvalue weighted by molar-refractivity contribution is 0.0911. The highest BCUT2D eigenvalue weighted by Gasteiger charge is 2.14. The van der Waals surface area contributed by atoms with Crippen LogP contribution in [0.4, 0.5) is 0 Å². The Morgan fingerprint density at radius 3 is 2.76 bits per heavy atom. The number of carbonyl (C=O) groups is 1. The van der Waals surface area contributed by atoms with E-state index in [4.69, 9.17) is 23.2 Å². The van der Waals surface area contributed by atoms with Gasteiger partial charge in [0.05, 0.1) is 6.10 Å². The smallest absolute Gasteiger partial charge is 0.270 e. The molecule has 5 nitrogen and oxygen atoms in total. The molecule has 1 heterocycles. The summed E-state index contributed by atoms with van der Waals surface area (Å²) in [6.07, 6.45) is 0.387. The van der Waals surface area contributed by atoms with Gasteiger partial charge in [0, 0.05) is 27.8 Å². The van der Waals surface area contributed by atoms with Gasteiger partial charge < -0.3 is 10.4 Å². The van der Waals surface area contributed by atoms with Crippen LogP contribution in [0.25, 0.3) is 0 Å². The summed E-state index contributed by atoms with van der Waals surface area (Å²) in [6.45, 7) is 1.78. The van der Waals surface area contributed by atoms with Gasteiger partial charge in [0.1, 0.15) is 12.0 Å². The second-order valence-corrected chi connectivity index (χ2v) is 5.28. The summed E-state index contributed by atoms with van der Waals surface area (Å²) in [4.78, 5) is 19.7. The van der Waals surface area contributed by atoms with Crippen molar-refractivity contribution in [2.24, 2.45) is 0 Å². The third-order valence-corrected chi connectivity index (χ3v) is 3.38. The zero-order chi connectivity index (χ0) is 15.4. The molecular formula is C14H13Cl2N3O2. The van der Waals surface area contributed by atoms with E-state index in [1.54, 1.807) is 25.1 Å². The molecule has 0 bridgehead atoms. The van der Waals surface area contributed by atoms with Crippen molar-refractivity contribution in [3.05, 3.63) is 57.6 Å². The maximum absolute atomic E-state index is 11.9. The van der Waals surface area contributed by atoms with Gasteiger partial charge in [0.25, 0.3) is 5.91 Å². The van der Waals surface area contributed by atoms with Gasteiger partial charge in [0.2, 0.25) is 0 Å². The summed E-state index contributed by atoms with van der Waals surface area (Å²) < 4.78 is 0. The normalized spacial score (nSPS) is 12.0. The predicted octanol–water partition coefficient (Wildman–Crippen LogP) is 2.56. The maximum Gasteiger partial charge on any atom is 0.270 e. The average molecular weight is 326 g/mol. The van der Waals surface area contributed by atoms with Crippen LogP contribution < -0.4 is 5.32 Å². The molecule has 1 atom stereocenters. The highest BCUT2D eigenvalue weighted by molar-refractivity contribution is 6.35. The molecule has 1 amide bonds. The monoisotopic (exact) mass is 325 g/mol. The van der Waals surface area contributed by atoms with Crippen molar-refractivity contribution in [2.75, 3.05) is 6.54 Å². The van der Waals surface area contributed by atoms with Crippen molar-refractivity contribution in [1.29, 1.82) is 0 Å². The van der Waals surface area contributed by atoms with Crippen LogP contribution in [0.2, 0.25) is 10.0 Å². The molecule has 7 heteroatoms. The van der Waals surface area contributed by atoms with E-state index in [9.17, 15) is 9.90 Å². The second kappa shape index (κ2) is 6.85. The Kier molecular flexibility index (Phi) is 5.12. The molecule has 0 aliphatic rings. The van der Waals surface area contributed by atoms with Crippen LogP contribution in [0.3, 0.4) is 0 Å². The third-order valence-electron chi connectivity index (χ3n) is 2.81. The van der Waals surface area contributed by atoms with Gasteiger partial charge in [-0.25, -0.2) is 9.97 Å². The fraction of sp³-hybridized carbons (Fsp3) is 0.214. The van der Waals surface area contributed by atoms with Crippen molar-refractivity contribution in [2.45, 2.75) is 13.0 Å². The molecule has 2 rings (SSSR count). The molecule has 0 radical (unpaired) electrons. The van der Waals surface area contributed by atoms with Crippen LogP contribution in [-0.4, -0.2) is 27.5 Å². The van der Waals surface area contributed by atoms with E-state index in [0.29, 0.717) is 21.3 Å². The Balaban J connectivity index is 2.00. The molecule has 0 spiro atoms. The molecule has 21 heavy (non-hydrogen) atoms. The predicted molar refractivity (Wildman–Crippen MR) is 80.5 cm³/mol. The number of nitrogens with zero attached hydrogens (tertiary/aromatic N) is 2. The molecule has 2 aromatic rings. The quantitative estimate of drug-likeness (QED) is 0.905. The number of halogens is 2. The maximum atomic E-state index is 11.9. The lowest BCUT2D eigenvalue weighted by atomic mass is 10.1. The number of aryl methyl sites for hydroxylation is 1. The van der Waals surface area contributed by atoms with Crippen molar-refractivity contribution >= 4 is 29.1 Å². The van der Waals surface area contributed by atoms with Gasteiger partial charge in [0.15, 0.2) is 0 Å². The topological polar surface area (TPSA) is 75.1 Å². The van der Waals surface area contributed by atoms with Crippen molar-refractivity contribution < 1.29 is 9.90 Å². The molecule has 0 aliphatic carbocycles. The van der Waals surface area contributed by atoms with E-state index in [0.717, 1.165) is 0 Å². The molecule has 1 aromatic carbocycles. The lowest BCUT2D eigenvalue weighted by Gasteiger charge is -2.13. The largest absolute Gasteiger partial charge is 0.387 e. The zero-order valence-corrected chi connectivity index (χ0v) is 12.7. The first kappa shape index (κ1) is 15.7. The van der Waals surface area contributed by atoms with Gasteiger partial charge in [-0.15, -0.1) is 0 Å². The number of carbonyl (C=O) groups excluding carboxylic acids is 1. The minimum absolute atomic E-state index is 0.0171. The number of hydrogen-bond donors (Lipinski definition) is 2. The molecule has 1 unspecified atom stereocenters. The minimum Gasteiger partial charge on any atom is -0.387 e. The Morgan fingerprint density at radius 1 is 1.33 bits per heavy atom. The van der Waals surface area contributed by atoms with Crippen LogP contribution in [0.5, 0.6) is 0 Å². The van der Waals surface area contributed by atoms with E-state index in [1.165, 1.54) is 12.4 Å². The molecule has 1 aromatic heterocycles. The van der Waals surface area contributed by atoms with Gasteiger partial charge in [-0.05, 0) is 25.1 Å². The third kappa shape index (κ3) is 4.14.